The van der Waals surface area contributed by atoms with Gasteiger partial charge in [0.05, 0.1) is 32.4 Å². The number of piperidine rings is 1. The Morgan fingerprint density at radius 1 is 1.00 bits per heavy atom. The number of para-hydroxylation sites is 2. The minimum atomic E-state index is -0.897. The second-order valence-electron chi connectivity index (χ2n) is 11.7. The Hall–Kier alpha value is -4.38. The number of methoxy groups -OCH3 is 3. The highest BCUT2D eigenvalue weighted by atomic mass is 19.2. The summed E-state index contributed by atoms with van der Waals surface area (Å²) >= 11 is 0. The second-order valence-corrected chi connectivity index (χ2v) is 11.7. The van der Waals surface area contributed by atoms with E-state index in [1.165, 1.54) is 27.4 Å². The molecule has 4 aromatic rings. The molecule has 1 saturated heterocycles. The molecular formula is C35H43F2N5O4. The summed E-state index contributed by atoms with van der Waals surface area (Å²) in [5.41, 5.74) is 3.13. The second kappa shape index (κ2) is 14.8. The molecule has 246 valence electrons. The number of imidazole rings is 1. The molecule has 11 heteroatoms. The van der Waals surface area contributed by atoms with Crippen LogP contribution in [0.5, 0.6) is 17.2 Å². The fourth-order valence-corrected chi connectivity index (χ4v) is 6.30. The number of carbonyl (C=O) groups excluding carboxylic acids is 1. The summed E-state index contributed by atoms with van der Waals surface area (Å²) in [6.07, 6.45) is 2.59. The summed E-state index contributed by atoms with van der Waals surface area (Å²) in [6.45, 7) is 5.83. The monoisotopic (exact) mass is 635 g/mol. The number of anilines is 1. The van der Waals surface area contributed by atoms with Crippen molar-refractivity contribution in [3.8, 4) is 17.2 Å². The van der Waals surface area contributed by atoms with Gasteiger partial charge in [-0.1, -0.05) is 18.2 Å². The number of nitrogens with zero attached hydrogens (tertiary/aromatic N) is 4. The molecule has 9 nitrogen and oxygen atoms in total. The molecule has 2 heterocycles. The first-order valence-electron chi connectivity index (χ1n) is 15.7. The molecule has 0 aliphatic carbocycles. The van der Waals surface area contributed by atoms with Crippen LogP contribution in [0.3, 0.4) is 0 Å². The van der Waals surface area contributed by atoms with Gasteiger partial charge in [-0.25, -0.2) is 13.8 Å². The number of likely N-dealkylation sites (tertiary alicyclic amines) is 1. The lowest BCUT2D eigenvalue weighted by Crippen LogP contribution is -2.40. The Balaban J connectivity index is 1.24. The van der Waals surface area contributed by atoms with E-state index in [9.17, 15) is 13.6 Å². The SMILES string of the molecule is CCn1c(NC2CCN(CCC(CN(C)C(=O)c3cc(OC)c(OC)c(OC)c3)c3ccc(F)c(F)c3)CC2)nc2ccccc21. The van der Waals surface area contributed by atoms with Gasteiger partial charge in [-0.05, 0) is 74.7 Å². The summed E-state index contributed by atoms with van der Waals surface area (Å²) < 4.78 is 46.7. The van der Waals surface area contributed by atoms with Gasteiger partial charge in [-0.3, -0.25) is 4.79 Å². The van der Waals surface area contributed by atoms with Gasteiger partial charge in [0.2, 0.25) is 11.7 Å². The zero-order valence-corrected chi connectivity index (χ0v) is 27.2. The van der Waals surface area contributed by atoms with E-state index >= 15 is 0 Å². The van der Waals surface area contributed by atoms with E-state index in [0.717, 1.165) is 62.1 Å². The minimum Gasteiger partial charge on any atom is -0.493 e. The number of ether oxygens (including phenoxy) is 3. The van der Waals surface area contributed by atoms with E-state index in [1.54, 1.807) is 30.1 Å². The molecule has 46 heavy (non-hydrogen) atoms. The van der Waals surface area contributed by atoms with Crippen LogP contribution in [-0.2, 0) is 6.54 Å². The molecule has 1 amide bonds. The zero-order valence-electron chi connectivity index (χ0n) is 27.2. The predicted molar refractivity (Wildman–Crippen MR) is 175 cm³/mol. The van der Waals surface area contributed by atoms with Gasteiger partial charge in [-0.2, -0.15) is 0 Å². The van der Waals surface area contributed by atoms with Crippen molar-refractivity contribution >= 4 is 22.9 Å². The lowest BCUT2D eigenvalue weighted by molar-refractivity contribution is 0.0781. The fourth-order valence-electron chi connectivity index (χ4n) is 6.30. The molecule has 1 N–H and O–H groups in total. The maximum Gasteiger partial charge on any atom is 0.253 e. The van der Waals surface area contributed by atoms with Crippen LogP contribution in [0.25, 0.3) is 11.0 Å². The Morgan fingerprint density at radius 3 is 2.33 bits per heavy atom. The maximum atomic E-state index is 14.4. The number of aryl methyl sites for hydroxylation is 1. The summed E-state index contributed by atoms with van der Waals surface area (Å²) in [5.74, 6) is -0.210. The number of nitrogens with one attached hydrogen (secondary N) is 1. The number of amides is 1. The standard InChI is InChI=1S/C35H43F2N5O4/c1-6-42-30-10-8-7-9-29(30)39-35(42)38-26-14-17-41(18-15-26)16-13-24(23-11-12-27(36)28(37)19-23)22-40(2)34(43)25-20-31(44-3)33(46-5)32(21-25)45-4/h7-12,19-21,24,26H,6,13-18,22H2,1-5H3,(H,38,39). The number of likely N-dealkylation sites (N-methyl/N-ethyl adjacent to an activating group) is 1. The van der Waals surface area contributed by atoms with Crippen LogP contribution in [0.1, 0.15) is 48.0 Å². The molecule has 1 aliphatic rings. The van der Waals surface area contributed by atoms with Gasteiger partial charge in [0.15, 0.2) is 23.1 Å². The number of carbonyl (C=O) groups is 1. The summed E-state index contributed by atoms with van der Waals surface area (Å²) in [4.78, 5) is 22.4. The number of hydrogen-bond acceptors (Lipinski definition) is 7. The summed E-state index contributed by atoms with van der Waals surface area (Å²) in [6, 6.07) is 15.7. The van der Waals surface area contributed by atoms with Gasteiger partial charge in [0, 0.05) is 50.7 Å². The van der Waals surface area contributed by atoms with E-state index in [2.05, 4.69) is 27.8 Å². The molecule has 1 aliphatic heterocycles. The number of benzene rings is 3. The van der Waals surface area contributed by atoms with Crippen molar-refractivity contribution in [2.24, 2.45) is 0 Å². The topological polar surface area (TPSA) is 81.1 Å². The van der Waals surface area contributed by atoms with E-state index in [0.29, 0.717) is 47.4 Å². The Morgan fingerprint density at radius 2 is 1.70 bits per heavy atom. The van der Waals surface area contributed by atoms with Crippen LogP contribution < -0.4 is 19.5 Å². The highest BCUT2D eigenvalue weighted by Gasteiger charge is 2.26. The van der Waals surface area contributed by atoms with Crippen molar-refractivity contribution in [3.63, 3.8) is 0 Å². The van der Waals surface area contributed by atoms with Crippen LogP contribution in [-0.4, -0.2) is 85.9 Å². The highest BCUT2D eigenvalue weighted by molar-refractivity contribution is 5.95. The molecule has 1 fully saturated rings. The van der Waals surface area contributed by atoms with Crippen molar-refractivity contribution in [3.05, 3.63) is 77.4 Å². The van der Waals surface area contributed by atoms with Crippen molar-refractivity contribution < 1.29 is 27.8 Å². The lowest BCUT2D eigenvalue weighted by Gasteiger charge is -2.34. The van der Waals surface area contributed by atoms with Gasteiger partial charge >= 0.3 is 0 Å². The number of rotatable bonds is 13. The third kappa shape index (κ3) is 7.20. The van der Waals surface area contributed by atoms with Crippen molar-refractivity contribution in [2.45, 2.75) is 44.7 Å². The molecule has 1 atom stereocenters. The average molecular weight is 636 g/mol. The van der Waals surface area contributed by atoms with E-state index < -0.39 is 11.6 Å². The van der Waals surface area contributed by atoms with E-state index in [1.807, 2.05) is 18.2 Å². The first-order chi connectivity index (χ1) is 22.3. The fraction of sp³-hybridized carbons (Fsp3) is 0.429. The van der Waals surface area contributed by atoms with Gasteiger partial charge < -0.3 is 33.9 Å². The highest BCUT2D eigenvalue weighted by Crippen LogP contribution is 2.38. The van der Waals surface area contributed by atoms with Crippen LogP contribution in [0.4, 0.5) is 14.7 Å². The molecular weight excluding hydrogens is 592 g/mol. The van der Waals surface area contributed by atoms with E-state index in [-0.39, 0.29) is 11.8 Å². The Bertz CT molecular complexity index is 1630. The zero-order chi connectivity index (χ0) is 32.8. The smallest absolute Gasteiger partial charge is 0.253 e. The predicted octanol–water partition coefficient (Wildman–Crippen LogP) is 6.18. The molecule has 0 bridgehead atoms. The summed E-state index contributed by atoms with van der Waals surface area (Å²) in [7, 11) is 6.20. The molecule has 0 saturated carbocycles. The van der Waals surface area contributed by atoms with Crippen molar-refractivity contribution in [2.75, 3.05) is 59.9 Å². The number of hydrogen-bond donors (Lipinski definition) is 1. The van der Waals surface area contributed by atoms with E-state index in [4.69, 9.17) is 19.2 Å². The molecule has 3 aromatic carbocycles. The number of halogens is 2. The van der Waals surface area contributed by atoms with Gasteiger partial charge in [0.1, 0.15) is 0 Å². The normalized spacial score (nSPS) is 14.7. The van der Waals surface area contributed by atoms with Crippen LogP contribution in [0.2, 0.25) is 0 Å². The first-order valence-corrected chi connectivity index (χ1v) is 15.7. The molecule has 0 spiro atoms. The molecule has 0 radical (unpaired) electrons. The number of aromatic nitrogens is 2. The summed E-state index contributed by atoms with van der Waals surface area (Å²) in [5, 5.41) is 3.67. The van der Waals surface area contributed by atoms with Gasteiger partial charge in [-0.15, -0.1) is 0 Å². The van der Waals surface area contributed by atoms with Gasteiger partial charge in [0.25, 0.3) is 5.91 Å². The van der Waals surface area contributed by atoms with Crippen LogP contribution in [0.15, 0.2) is 54.6 Å². The third-order valence-corrected chi connectivity index (χ3v) is 8.85. The quantitative estimate of drug-likeness (QED) is 0.188. The van der Waals surface area contributed by atoms with Crippen molar-refractivity contribution in [1.29, 1.82) is 0 Å². The van der Waals surface area contributed by atoms with Crippen LogP contribution in [0, 0.1) is 11.6 Å². The van der Waals surface area contributed by atoms with Crippen molar-refractivity contribution in [1.82, 2.24) is 19.4 Å². The average Bonchev–Trinajstić information content (AvgIpc) is 3.44. The minimum absolute atomic E-state index is 0.216. The lowest BCUT2D eigenvalue weighted by atomic mass is 9.93. The first kappa shape index (κ1) is 33.0. The number of fused-ring (bicyclic) bond motifs is 1. The molecule has 5 rings (SSSR count). The Labute approximate surface area is 269 Å². The maximum absolute atomic E-state index is 14.4. The molecule has 1 aromatic heterocycles. The van der Waals surface area contributed by atoms with Crippen LogP contribution >= 0.6 is 0 Å². The Kier molecular flexibility index (Phi) is 10.6. The largest absolute Gasteiger partial charge is 0.493 e. The third-order valence-electron chi connectivity index (χ3n) is 8.85. The molecule has 1 unspecified atom stereocenters.